The maximum Gasteiger partial charge on any atom is 0.169 e. The fourth-order valence-electron chi connectivity index (χ4n) is 0.309. The van der Waals surface area contributed by atoms with Crippen molar-refractivity contribution in [3.8, 4) is 0 Å². The van der Waals surface area contributed by atoms with Crippen molar-refractivity contribution in [3.05, 3.63) is 0 Å². The van der Waals surface area contributed by atoms with Crippen LogP contribution < -0.4 is 0 Å². The molecule has 0 aromatic carbocycles. The first-order valence-electron chi connectivity index (χ1n) is 2.92. The summed E-state index contributed by atoms with van der Waals surface area (Å²) in [5, 5.41) is -0.919. The smallest absolute Gasteiger partial charge is 0.169 e. The van der Waals surface area contributed by atoms with Crippen LogP contribution in [0.2, 0.25) is 0 Å². The molecule has 2 atom stereocenters. The van der Waals surface area contributed by atoms with Gasteiger partial charge in [0, 0.05) is 6.16 Å². The van der Waals surface area contributed by atoms with Gasteiger partial charge in [0.05, 0.1) is 5.88 Å². The van der Waals surface area contributed by atoms with E-state index in [2.05, 4.69) is 0 Å². The predicted molar refractivity (Wildman–Crippen MR) is 45.7 cm³/mol. The highest BCUT2D eigenvalue weighted by Crippen LogP contribution is 2.38. The molecule has 2 unspecified atom stereocenters. The van der Waals surface area contributed by atoms with Gasteiger partial charge >= 0.3 is 0 Å². The van der Waals surface area contributed by atoms with Crippen LogP contribution in [-0.2, 0) is 4.52 Å². The third kappa shape index (κ3) is 4.70. The van der Waals surface area contributed by atoms with Crippen LogP contribution in [0.3, 0.4) is 0 Å². The molecule has 0 aliphatic heterocycles. The second kappa shape index (κ2) is 4.74. The molecule has 0 rings (SSSR count). The molecular weight excluding hydrogens is 194 g/mol. The Morgan fingerprint density at radius 1 is 1.70 bits per heavy atom. The molecule has 0 saturated heterocycles. The molecule has 2 nitrogen and oxygen atoms in total. The third-order valence-corrected chi connectivity index (χ3v) is 2.92. The van der Waals surface area contributed by atoms with E-state index in [-0.39, 0.29) is 5.88 Å². The molecule has 0 heterocycles. The molecular formula is C5H11Cl2O2P. The molecule has 0 aromatic heterocycles. The van der Waals surface area contributed by atoms with E-state index in [9.17, 15) is 0 Å². The van der Waals surface area contributed by atoms with Gasteiger partial charge in [-0.05, 0) is 6.92 Å². The van der Waals surface area contributed by atoms with Crippen molar-refractivity contribution in [2.75, 3.05) is 12.0 Å². The largest absolute Gasteiger partial charge is 0.350 e. The Balaban J connectivity index is 3.64. The molecule has 0 saturated carbocycles. The Bertz CT molecular complexity index is 99.6. The van der Waals surface area contributed by atoms with Crippen LogP contribution in [-0.4, -0.2) is 22.0 Å². The average Bonchev–Trinajstić information content (AvgIpc) is 1.87. The summed E-state index contributed by atoms with van der Waals surface area (Å²) in [6.07, 6.45) is 0.578. The summed E-state index contributed by atoms with van der Waals surface area (Å²) in [7, 11) is -1.39. The topological polar surface area (TPSA) is 29.5 Å². The summed E-state index contributed by atoms with van der Waals surface area (Å²) in [5.74, 6) is 0.175. The lowest BCUT2D eigenvalue weighted by Gasteiger charge is -2.21. The normalized spacial score (nSPS) is 20.1. The minimum Gasteiger partial charge on any atom is -0.350 e. The predicted octanol–water partition coefficient (Wildman–Crippen LogP) is 2.52. The van der Waals surface area contributed by atoms with E-state index in [1.165, 1.54) is 0 Å². The van der Waals surface area contributed by atoms with Crippen molar-refractivity contribution in [2.45, 2.75) is 18.9 Å². The first-order valence-corrected chi connectivity index (χ1v) is 5.23. The lowest BCUT2D eigenvalue weighted by molar-refractivity contribution is 0.203. The second-order valence-corrected chi connectivity index (χ2v) is 4.58. The van der Waals surface area contributed by atoms with E-state index in [0.29, 0.717) is 6.16 Å². The molecule has 1 N–H and O–H groups in total. The molecule has 0 aromatic rings. The Kier molecular flexibility index (Phi) is 5.18. The summed E-state index contributed by atoms with van der Waals surface area (Å²) in [6, 6.07) is 0. The quantitative estimate of drug-likeness (QED) is 0.564. The van der Waals surface area contributed by atoms with Gasteiger partial charge in [0.1, 0.15) is 0 Å². The molecule has 0 fully saturated rings. The molecule has 0 bridgehead atoms. The van der Waals surface area contributed by atoms with Gasteiger partial charge in [-0.2, -0.15) is 0 Å². The van der Waals surface area contributed by atoms with Gasteiger partial charge < -0.3 is 9.42 Å². The van der Waals surface area contributed by atoms with Gasteiger partial charge in [0.2, 0.25) is 0 Å². The molecule has 10 heavy (non-hydrogen) atoms. The van der Waals surface area contributed by atoms with E-state index >= 15 is 0 Å². The molecule has 0 aliphatic carbocycles. The Morgan fingerprint density at radius 2 is 2.20 bits per heavy atom. The van der Waals surface area contributed by atoms with E-state index in [1.807, 2.05) is 6.92 Å². The fraction of sp³-hybridized carbons (Fsp3) is 1.00. The summed E-state index contributed by atoms with van der Waals surface area (Å²) in [5.41, 5.74) is 0. The van der Waals surface area contributed by atoms with Crippen LogP contribution >= 0.6 is 31.6 Å². The second-order valence-electron chi connectivity index (χ2n) is 2.00. The van der Waals surface area contributed by atoms with Gasteiger partial charge in [-0.25, -0.2) is 0 Å². The SMILES string of the molecule is CCP(O)OC(C)(Cl)CCl. The molecule has 5 heteroatoms. The van der Waals surface area contributed by atoms with Crippen LogP contribution in [0.5, 0.6) is 0 Å². The van der Waals surface area contributed by atoms with Crippen LogP contribution in [0, 0.1) is 0 Å². The summed E-state index contributed by atoms with van der Waals surface area (Å²) in [4.78, 5) is 9.02. The number of alkyl halides is 2. The first kappa shape index (κ1) is 10.9. The standard InChI is InChI=1S/C5H11Cl2O2P/c1-3-10(8)9-5(2,7)4-6/h8H,3-4H2,1-2H3. The molecule has 0 radical (unpaired) electrons. The first-order chi connectivity index (χ1) is 4.52. The Hall–Kier alpha value is 0.930. The van der Waals surface area contributed by atoms with Crippen molar-refractivity contribution in [3.63, 3.8) is 0 Å². The highest BCUT2D eigenvalue weighted by Gasteiger charge is 2.23. The van der Waals surface area contributed by atoms with Crippen molar-refractivity contribution >= 4 is 31.6 Å². The van der Waals surface area contributed by atoms with Crippen molar-refractivity contribution in [1.29, 1.82) is 0 Å². The van der Waals surface area contributed by atoms with Crippen LogP contribution in [0.25, 0.3) is 0 Å². The Morgan fingerprint density at radius 3 is 2.50 bits per heavy atom. The zero-order chi connectivity index (χ0) is 8.20. The summed E-state index contributed by atoms with van der Waals surface area (Å²) < 4.78 is 4.99. The Labute approximate surface area is 72.4 Å². The average molecular weight is 205 g/mol. The number of hydrogen-bond acceptors (Lipinski definition) is 2. The van der Waals surface area contributed by atoms with E-state index in [1.54, 1.807) is 6.92 Å². The fourth-order valence-corrected chi connectivity index (χ4v) is 1.31. The van der Waals surface area contributed by atoms with Crippen LogP contribution in [0.1, 0.15) is 13.8 Å². The monoisotopic (exact) mass is 204 g/mol. The molecule has 62 valence electrons. The highest BCUT2D eigenvalue weighted by molar-refractivity contribution is 7.46. The van der Waals surface area contributed by atoms with Gasteiger partial charge in [-0.1, -0.05) is 18.5 Å². The molecule has 0 spiro atoms. The minimum atomic E-state index is -1.39. The number of rotatable bonds is 4. The minimum absolute atomic E-state index is 0.175. The van der Waals surface area contributed by atoms with Crippen molar-refractivity contribution in [2.24, 2.45) is 0 Å². The van der Waals surface area contributed by atoms with E-state index in [0.717, 1.165) is 0 Å². The summed E-state index contributed by atoms with van der Waals surface area (Å²) >= 11 is 11.1. The van der Waals surface area contributed by atoms with E-state index < -0.39 is 13.4 Å². The van der Waals surface area contributed by atoms with Gasteiger partial charge in [0.25, 0.3) is 0 Å². The third-order valence-electron chi connectivity index (χ3n) is 0.805. The lowest BCUT2D eigenvalue weighted by Crippen LogP contribution is -2.20. The molecule has 0 amide bonds. The van der Waals surface area contributed by atoms with Crippen molar-refractivity contribution in [1.82, 2.24) is 0 Å². The van der Waals surface area contributed by atoms with Gasteiger partial charge in [-0.3, -0.25) is 0 Å². The van der Waals surface area contributed by atoms with Crippen molar-refractivity contribution < 1.29 is 9.42 Å². The van der Waals surface area contributed by atoms with Crippen LogP contribution in [0.4, 0.5) is 0 Å². The van der Waals surface area contributed by atoms with Gasteiger partial charge in [-0.15, -0.1) is 11.6 Å². The summed E-state index contributed by atoms with van der Waals surface area (Å²) in [6.45, 7) is 3.45. The maximum absolute atomic E-state index is 9.02. The number of halogens is 2. The lowest BCUT2D eigenvalue weighted by atomic mass is 10.5. The zero-order valence-corrected chi connectivity index (χ0v) is 8.38. The highest BCUT2D eigenvalue weighted by atomic mass is 35.5. The van der Waals surface area contributed by atoms with E-state index in [4.69, 9.17) is 32.6 Å². The molecule has 0 aliphatic rings. The zero-order valence-electron chi connectivity index (χ0n) is 5.97. The van der Waals surface area contributed by atoms with Crippen LogP contribution in [0.15, 0.2) is 0 Å². The van der Waals surface area contributed by atoms with Gasteiger partial charge in [0.15, 0.2) is 13.4 Å². The maximum atomic E-state index is 9.02. The number of hydrogen-bond donors (Lipinski definition) is 1.